The Balaban J connectivity index is 1.61. The maximum absolute atomic E-state index is 5.83. The molecule has 1 aromatic rings. The van der Waals surface area contributed by atoms with Crippen molar-refractivity contribution in [2.75, 3.05) is 18.9 Å². The number of ether oxygens (including phenoxy) is 2. The van der Waals surface area contributed by atoms with E-state index in [4.69, 9.17) is 15.2 Å². The van der Waals surface area contributed by atoms with Crippen LogP contribution >= 0.6 is 0 Å². The second-order valence-electron chi connectivity index (χ2n) is 4.15. The van der Waals surface area contributed by atoms with E-state index in [1.165, 1.54) is 0 Å². The van der Waals surface area contributed by atoms with E-state index in [-0.39, 0.29) is 12.2 Å². The second-order valence-corrected chi connectivity index (χ2v) is 4.15. The third kappa shape index (κ3) is 1.70. The van der Waals surface area contributed by atoms with E-state index in [9.17, 15) is 0 Å². The van der Waals surface area contributed by atoms with Gasteiger partial charge in [0.05, 0.1) is 38.2 Å². The summed E-state index contributed by atoms with van der Waals surface area (Å²) in [5, 5.41) is 8.08. The molecule has 1 aromatic heterocycles. The molecule has 0 spiro atoms. The molecule has 2 aliphatic heterocycles. The Morgan fingerprint density at radius 3 is 3.20 bits per heavy atom. The minimum atomic E-state index is 0.204. The largest absolute Gasteiger partial charge is 0.381 e. The molecule has 6 heteroatoms. The smallest absolute Gasteiger partial charge is 0.165 e. The van der Waals surface area contributed by atoms with Crippen LogP contribution in [0.5, 0.6) is 0 Å². The van der Waals surface area contributed by atoms with Gasteiger partial charge in [-0.3, -0.25) is 0 Å². The van der Waals surface area contributed by atoms with Crippen molar-refractivity contribution in [3.8, 4) is 0 Å². The van der Waals surface area contributed by atoms with Crippen molar-refractivity contribution in [3.05, 3.63) is 6.20 Å². The average Bonchev–Trinajstić information content (AvgIpc) is 2.81. The number of rotatable bonds is 2. The van der Waals surface area contributed by atoms with Gasteiger partial charge in [0.1, 0.15) is 0 Å². The predicted molar refractivity (Wildman–Crippen MR) is 52.0 cm³/mol. The monoisotopic (exact) mass is 210 g/mol. The van der Waals surface area contributed by atoms with Crippen LogP contribution in [0.4, 0.5) is 5.82 Å². The fraction of sp³-hybridized carbons (Fsp3) is 0.778. The summed E-state index contributed by atoms with van der Waals surface area (Å²) in [6.07, 6.45) is 3.07. The van der Waals surface area contributed by atoms with Gasteiger partial charge in [-0.25, -0.2) is 0 Å². The lowest BCUT2D eigenvalue weighted by molar-refractivity contribution is 0.00917. The molecule has 0 saturated carbocycles. The van der Waals surface area contributed by atoms with Crippen LogP contribution in [0.25, 0.3) is 0 Å². The van der Waals surface area contributed by atoms with Gasteiger partial charge in [-0.1, -0.05) is 0 Å². The molecular weight excluding hydrogens is 196 g/mol. The third-order valence-electron chi connectivity index (χ3n) is 2.99. The van der Waals surface area contributed by atoms with Crippen LogP contribution in [0.3, 0.4) is 0 Å². The highest BCUT2D eigenvalue weighted by Gasteiger charge is 2.39. The first kappa shape index (κ1) is 9.11. The zero-order valence-corrected chi connectivity index (χ0v) is 8.37. The van der Waals surface area contributed by atoms with Gasteiger partial charge in [0.15, 0.2) is 5.82 Å². The number of nitrogens with two attached hydrogens (primary N) is 1. The Hall–Kier alpha value is -1.14. The van der Waals surface area contributed by atoms with Gasteiger partial charge in [-0.15, -0.1) is 5.10 Å². The molecule has 2 fully saturated rings. The normalized spacial score (nSPS) is 34.5. The van der Waals surface area contributed by atoms with Gasteiger partial charge in [0.25, 0.3) is 0 Å². The Bertz CT molecular complexity index is 342. The predicted octanol–water partition coefficient (Wildman–Crippen LogP) is -0.336. The summed E-state index contributed by atoms with van der Waals surface area (Å²) in [6.45, 7) is 2.25. The quantitative estimate of drug-likeness (QED) is 0.723. The summed E-state index contributed by atoms with van der Waals surface area (Å²) < 4.78 is 11.2. The Kier molecular flexibility index (Phi) is 2.10. The Morgan fingerprint density at radius 1 is 1.53 bits per heavy atom. The van der Waals surface area contributed by atoms with Crippen LogP contribution in [-0.4, -0.2) is 40.4 Å². The minimum absolute atomic E-state index is 0.204. The van der Waals surface area contributed by atoms with Crippen LogP contribution in [-0.2, 0) is 16.0 Å². The highest BCUT2D eigenvalue weighted by molar-refractivity contribution is 5.19. The summed E-state index contributed by atoms with van der Waals surface area (Å²) in [6, 6.07) is 0. The van der Waals surface area contributed by atoms with Gasteiger partial charge in [-0.05, 0) is 6.42 Å². The van der Waals surface area contributed by atoms with E-state index < -0.39 is 0 Å². The minimum Gasteiger partial charge on any atom is -0.381 e. The number of fused-ring (bicyclic) bond motifs is 1. The van der Waals surface area contributed by atoms with Gasteiger partial charge in [0.2, 0.25) is 0 Å². The number of anilines is 1. The summed E-state index contributed by atoms with van der Waals surface area (Å²) in [4.78, 5) is 1.60. The van der Waals surface area contributed by atoms with Gasteiger partial charge in [-0.2, -0.15) is 9.90 Å². The molecule has 3 heterocycles. The van der Waals surface area contributed by atoms with Crippen LogP contribution in [0.2, 0.25) is 0 Å². The molecular formula is C9H14N4O2. The van der Waals surface area contributed by atoms with Crippen molar-refractivity contribution in [1.82, 2.24) is 15.0 Å². The number of aromatic nitrogens is 3. The van der Waals surface area contributed by atoms with E-state index in [2.05, 4.69) is 10.2 Å². The standard InChI is InChI=1S/C9H14N4O2/c10-9-2-11-13(12-9)3-7-1-6-4-14-5-8(6)15-7/h2,6-8H,1,3-5H2,(H2,10,12)/t6-,7?,8+/m1/s1. The van der Waals surface area contributed by atoms with E-state index >= 15 is 0 Å². The Morgan fingerprint density at radius 2 is 2.47 bits per heavy atom. The van der Waals surface area contributed by atoms with Crippen molar-refractivity contribution < 1.29 is 9.47 Å². The molecule has 0 bridgehead atoms. The van der Waals surface area contributed by atoms with Gasteiger partial charge >= 0.3 is 0 Å². The lowest BCUT2D eigenvalue weighted by Crippen LogP contribution is -2.20. The zero-order chi connectivity index (χ0) is 10.3. The third-order valence-corrected chi connectivity index (χ3v) is 2.99. The number of nitrogen functional groups attached to an aromatic ring is 1. The zero-order valence-electron chi connectivity index (χ0n) is 8.37. The summed E-state index contributed by atoms with van der Waals surface area (Å²) in [5.41, 5.74) is 5.49. The number of nitrogens with zero attached hydrogens (tertiary/aromatic N) is 3. The SMILES string of the molecule is Nc1cnn(CC2C[C@@H]3COC[C@@H]3O2)n1. The summed E-state index contributed by atoms with van der Waals surface area (Å²) in [5.74, 6) is 1.01. The molecule has 0 radical (unpaired) electrons. The first-order valence-electron chi connectivity index (χ1n) is 5.20. The van der Waals surface area contributed by atoms with Crippen LogP contribution in [0.1, 0.15) is 6.42 Å². The highest BCUT2D eigenvalue weighted by Crippen LogP contribution is 2.31. The number of hydrogen-bond acceptors (Lipinski definition) is 5. The molecule has 15 heavy (non-hydrogen) atoms. The molecule has 82 valence electrons. The molecule has 0 amide bonds. The van der Waals surface area contributed by atoms with Crippen molar-refractivity contribution >= 4 is 5.82 Å². The topological polar surface area (TPSA) is 75.2 Å². The van der Waals surface area contributed by atoms with E-state index in [1.807, 2.05) is 0 Å². The van der Waals surface area contributed by atoms with E-state index in [1.54, 1.807) is 11.0 Å². The molecule has 2 saturated heterocycles. The van der Waals surface area contributed by atoms with Crippen molar-refractivity contribution in [2.45, 2.75) is 25.2 Å². The molecule has 3 atom stereocenters. The van der Waals surface area contributed by atoms with Crippen LogP contribution in [0.15, 0.2) is 6.20 Å². The molecule has 1 unspecified atom stereocenters. The van der Waals surface area contributed by atoms with Crippen molar-refractivity contribution in [3.63, 3.8) is 0 Å². The average molecular weight is 210 g/mol. The maximum atomic E-state index is 5.83. The molecule has 0 aliphatic carbocycles. The molecule has 3 rings (SSSR count). The summed E-state index contributed by atoms with van der Waals surface area (Å²) in [7, 11) is 0. The first-order chi connectivity index (χ1) is 7.31. The highest BCUT2D eigenvalue weighted by atomic mass is 16.6. The van der Waals surface area contributed by atoms with Crippen LogP contribution in [0, 0.1) is 5.92 Å². The van der Waals surface area contributed by atoms with Crippen LogP contribution < -0.4 is 5.73 Å². The fourth-order valence-electron chi connectivity index (χ4n) is 2.29. The first-order valence-corrected chi connectivity index (χ1v) is 5.20. The van der Waals surface area contributed by atoms with E-state index in [0.29, 0.717) is 18.3 Å². The van der Waals surface area contributed by atoms with Gasteiger partial charge in [0, 0.05) is 5.92 Å². The number of hydrogen-bond donors (Lipinski definition) is 1. The molecule has 2 aliphatic rings. The van der Waals surface area contributed by atoms with Crippen molar-refractivity contribution in [1.29, 1.82) is 0 Å². The van der Waals surface area contributed by atoms with E-state index in [0.717, 1.165) is 19.6 Å². The molecule has 2 N–H and O–H groups in total. The van der Waals surface area contributed by atoms with Gasteiger partial charge < -0.3 is 15.2 Å². The summed E-state index contributed by atoms with van der Waals surface area (Å²) >= 11 is 0. The molecule has 6 nitrogen and oxygen atoms in total. The molecule has 0 aromatic carbocycles. The van der Waals surface area contributed by atoms with Crippen molar-refractivity contribution in [2.24, 2.45) is 5.92 Å². The second kappa shape index (κ2) is 3.46. The fourth-order valence-corrected chi connectivity index (χ4v) is 2.29. The lowest BCUT2D eigenvalue weighted by atomic mass is 10.0. The lowest BCUT2D eigenvalue weighted by Gasteiger charge is -2.10. The maximum Gasteiger partial charge on any atom is 0.165 e. The Labute approximate surface area is 87.3 Å².